The Balaban J connectivity index is 1.44. The summed E-state index contributed by atoms with van der Waals surface area (Å²) in [6.07, 6.45) is -0.425. The van der Waals surface area contributed by atoms with Crippen LogP contribution in [0.25, 0.3) is 11.5 Å². The zero-order valence-electron chi connectivity index (χ0n) is 18.1. The van der Waals surface area contributed by atoms with Gasteiger partial charge in [-0.2, -0.15) is 0 Å². The molecular weight excluding hydrogens is 396 g/mol. The molecule has 2 amide bonds. The van der Waals surface area contributed by atoms with Crippen LogP contribution in [-0.2, 0) is 16.0 Å². The lowest BCUT2D eigenvalue weighted by molar-refractivity contribution is -0.132. The van der Waals surface area contributed by atoms with E-state index in [1.165, 1.54) is 0 Å². The number of rotatable bonds is 7. The van der Waals surface area contributed by atoms with Crippen molar-refractivity contribution < 1.29 is 18.7 Å². The van der Waals surface area contributed by atoms with Gasteiger partial charge in [-0.05, 0) is 57.0 Å². The van der Waals surface area contributed by atoms with E-state index in [-0.39, 0.29) is 18.7 Å². The van der Waals surface area contributed by atoms with Crippen molar-refractivity contribution in [2.24, 2.45) is 0 Å². The number of ether oxygens (including phenoxy) is 1. The maximum Gasteiger partial charge on any atom is 0.279 e. The number of hydrogen-bond acceptors (Lipinski definition) is 6. The molecule has 0 saturated heterocycles. The molecule has 1 heterocycles. The highest BCUT2D eigenvalue weighted by atomic mass is 16.5. The average molecular weight is 422 g/mol. The van der Waals surface area contributed by atoms with Gasteiger partial charge >= 0.3 is 0 Å². The van der Waals surface area contributed by atoms with Crippen LogP contribution in [0, 0.1) is 20.8 Å². The molecule has 0 bridgehead atoms. The second-order valence-corrected chi connectivity index (χ2v) is 7.36. The predicted octanol–water partition coefficient (Wildman–Crippen LogP) is 3.21. The summed E-state index contributed by atoms with van der Waals surface area (Å²) in [6, 6.07) is 13.4. The van der Waals surface area contributed by atoms with Crippen molar-refractivity contribution in [2.45, 2.75) is 46.6 Å². The molecule has 0 fully saturated rings. The van der Waals surface area contributed by atoms with Crippen molar-refractivity contribution in [3.63, 3.8) is 0 Å². The van der Waals surface area contributed by atoms with Gasteiger partial charge in [0.15, 0.2) is 6.10 Å². The molecule has 0 aliphatic rings. The van der Waals surface area contributed by atoms with Gasteiger partial charge in [-0.3, -0.25) is 20.4 Å². The number of hydrazine groups is 1. The molecule has 1 aromatic heterocycles. The van der Waals surface area contributed by atoms with Crippen LogP contribution < -0.4 is 15.6 Å². The van der Waals surface area contributed by atoms with E-state index in [0.717, 1.165) is 22.3 Å². The molecular formula is C23H26N4O4. The van der Waals surface area contributed by atoms with Gasteiger partial charge in [-0.15, -0.1) is 10.2 Å². The molecule has 31 heavy (non-hydrogen) atoms. The van der Waals surface area contributed by atoms with Gasteiger partial charge in [0.25, 0.3) is 5.91 Å². The van der Waals surface area contributed by atoms with Crippen molar-refractivity contribution in [1.29, 1.82) is 0 Å². The van der Waals surface area contributed by atoms with Gasteiger partial charge in [-0.1, -0.05) is 29.8 Å². The third-order valence-corrected chi connectivity index (χ3v) is 4.88. The van der Waals surface area contributed by atoms with Crippen molar-refractivity contribution in [2.75, 3.05) is 0 Å². The van der Waals surface area contributed by atoms with Crippen molar-refractivity contribution in [1.82, 2.24) is 21.0 Å². The molecule has 3 aromatic rings. The fraction of sp³-hybridized carbons (Fsp3) is 0.304. The minimum atomic E-state index is -0.770. The van der Waals surface area contributed by atoms with Gasteiger partial charge < -0.3 is 9.15 Å². The zero-order chi connectivity index (χ0) is 22.4. The predicted molar refractivity (Wildman–Crippen MR) is 115 cm³/mol. The number of nitrogens with one attached hydrogen (secondary N) is 2. The molecule has 8 heteroatoms. The van der Waals surface area contributed by atoms with Crippen molar-refractivity contribution >= 4 is 11.8 Å². The molecule has 0 aliphatic heterocycles. The fourth-order valence-corrected chi connectivity index (χ4v) is 2.78. The Morgan fingerprint density at radius 2 is 1.77 bits per heavy atom. The van der Waals surface area contributed by atoms with Crippen molar-refractivity contribution in [3.8, 4) is 17.2 Å². The minimum absolute atomic E-state index is 0.0854. The lowest BCUT2D eigenvalue weighted by Crippen LogP contribution is -2.47. The Hall–Kier alpha value is -3.68. The number of hydrogen-bond donors (Lipinski definition) is 2. The number of aromatic nitrogens is 2. The highest BCUT2D eigenvalue weighted by molar-refractivity contribution is 5.84. The van der Waals surface area contributed by atoms with Gasteiger partial charge in [0.1, 0.15) is 5.75 Å². The van der Waals surface area contributed by atoms with E-state index in [2.05, 4.69) is 21.0 Å². The molecule has 0 aliphatic carbocycles. The van der Waals surface area contributed by atoms with Gasteiger partial charge in [0, 0.05) is 18.4 Å². The molecule has 0 radical (unpaired) electrons. The first kappa shape index (κ1) is 22.0. The number of nitrogens with zero attached hydrogens (tertiary/aromatic N) is 2. The van der Waals surface area contributed by atoms with Gasteiger partial charge in [0.05, 0.1) is 0 Å². The lowest BCUT2D eigenvalue weighted by Gasteiger charge is -2.17. The smallest absolute Gasteiger partial charge is 0.279 e. The van der Waals surface area contributed by atoms with Crippen LogP contribution in [0.3, 0.4) is 0 Å². The number of carbonyl (C=O) groups is 2. The quantitative estimate of drug-likeness (QED) is 0.566. The molecule has 3 rings (SSSR count). The van der Waals surface area contributed by atoms with E-state index in [4.69, 9.17) is 9.15 Å². The van der Waals surface area contributed by atoms with Crippen LogP contribution >= 0.6 is 0 Å². The molecule has 2 N–H and O–H groups in total. The van der Waals surface area contributed by atoms with Gasteiger partial charge in [-0.25, -0.2) is 0 Å². The van der Waals surface area contributed by atoms with Crippen molar-refractivity contribution in [3.05, 3.63) is 65.0 Å². The number of benzene rings is 2. The van der Waals surface area contributed by atoms with E-state index in [0.29, 0.717) is 17.5 Å². The monoisotopic (exact) mass is 422 g/mol. The summed E-state index contributed by atoms with van der Waals surface area (Å²) in [7, 11) is 0. The van der Waals surface area contributed by atoms with Crippen LogP contribution in [0.2, 0.25) is 0 Å². The third kappa shape index (κ3) is 5.91. The Kier molecular flexibility index (Phi) is 7.02. The number of amides is 2. The first-order valence-electron chi connectivity index (χ1n) is 10.0. The molecule has 162 valence electrons. The SMILES string of the molecule is Cc1ccc(-c2nnc(CCC(=O)NNC(=O)[C@H](C)Oc3cccc(C)c3C)o2)cc1. The number of carbonyl (C=O) groups excluding carboxylic acids is 2. The Bertz CT molecular complexity index is 1060. The molecule has 2 aromatic carbocycles. The van der Waals surface area contributed by atoms with Crippen LogP contribution in [0.1, 0.15) is 35.9 Å². The third-order valence-electron chi connectivity index (χ3n) is 4.88. The normalized spacial score (nSPS) is 11.6. The van der Waals surface area contributed by atoms with Crippen LogP contribution in [0.15, 0.2) is 46.9 Å². The van der Waals surface area contributed by atoms with Gasteiger partial charge in [0.2, 0.25) is 17.7 Å². The minimum Gasteiger partial charge on any atom is -0.481 e. The molecule has 8 nitrogen and oxygen atoms in total. The summed E-state index contributed by atoms with van der Waals surface area (Å²) in [5.41, 5.74) is 8.76. The maximum atomic E-state index is 12.2. The fourth-order valence-electron chi connectivity index (χ4n) is 2.78. The van der Waals surface area contributed by atoms with E-state index in [9.17, 15) is 9.59 Å². The summed E-state index contributed by atoms with van der Waals surface area (Å²) in [5, 5.41) is 7.98. The Morgan fingerprint density at radius 1 is 1.03 bits per heavy atom. The largest absolute Gasteiger partial charge is 0.481 e. The topological polar surface area (TPSA) is 106 Å². The molecule has 0 saturated carbocycles. The highest BCUT2D eigenvalue weighted by Gasteiger charge is 2.17. The molecule has 0 spiro atoms. The Labute approximate surface area is 181 Å². The van der Waals surface area contributed by atoms with Crippen LogP contribution in [-0.4, -0.2) is 28.1 Å². The second kappa shape index (κ2) is 9.88. The standard InChI is InChI=1S/C23H26N4O4/c1-14-8-10-18(11-9-14)23-27-25-21(31-23)13-12-20(28)24-26-22(29)17(4)30-19-7-5-6-15(2)16(19)3/h5-11,17H,12-13H2,1-4H3,(H,24,28)(H,26,29)/t17-/m0/s1. The summed E-state index contributed by atoms with van der Waals surface area (Å²) in [5.74, 6) is 0.565. The van der Waals surface area contributed by atoms with E-state index < -0.39 is 12.0 Å². The first-order valence-corrected chi connectivity index (χ1v) is 10.0. The first-order chi connectivity index (χ1) is 14.8. The van der Waals surface area contributed by atoms with E-state index in [1.807, 2.05) is 57.2 Å². The van der Waals surface area contributed by atoms with E-state index >= 15 is 0 Å². The van der Waals surface area contributed by atoms with E-state index in [1.54, 1.807) is 13.0 Å². The summed E-state index contributed by atoms with van der Waals surface area (Å²) < 4.78 is 11.3. The molecule has 1 atom stereocenters. The highest BCUT2D eigenvalue weighted by Crippen LogP contribution is 2.22. The average Bonchev–Trinajstić information content (AvgIpc) is 3.23. The van der Waals surface area contributed by atoms with Crippen LogP contribution in [0.5, 0.6) is 5.75 Å². The maximum absolute atomic E-state index is 12.2. The molecule has 0 unspecified atom stereocenters. The zero-order valence-corrected chi connectivity index (χ0v) is 18.1. The summed E-state index contributed by atoms with van der Waals surface area (Å²) >= 11 is 0. The van der Waals surface area contributed by atoms with Crippen LogP contribution in [0.4, 0.5) is 0 Å². The summed E-state index contributed by atoms with van der Waals surface area (Å²) in [6.45, 7) is 7.52. The lowest BCUT2D eigenvalue weighted by atomic mass is 10.1. The number of aryl methyl sites for hydroxylation is 3. The Morgan fingerprint density at radius 3 is 2.52 bits per heavy atom. The second-order valence-electron chi connectivity index (χ2n) is 7.36. The summed E-state index contributed by atoms with van der Waals surface area (Å²) in [4.78, 5) is 24.3.